The molecule has 2 aliphatic rings. The van der Waals surface area contributed by atoms with Crippen molar-refractivity contribution in [2.24, 2.45) is 0 Å². The highest BCUT2D eigenvalue weighted by Gasteiger charge is 2.54. The molecule has 0 bridgehead atoms. The number of fused-ring (bicyclic) bond motifs is 1. The lowest BCUT2D eigenvalue weighted by atomic mass is 10.0. The molecule has 1 aromatic carbocycles. The number of carboxylic acids is 1. The van der Waals surface area contributed by atoms with Crippen molar-refractivity contribution in [1.29, 1.82) is 0 Å². The molecule has 2 aliphatic heterocycles. The first-order valence-electron chi connectivity index (χ1n) is 8.06. The van der Waals surface area contributed by atoms with Gasteiger partial charge in [-0.3, -0.25) is 19.3 Å². The number of rotatable bonds is 5. The van der Waals surface area contributed by atoms with Gasteiger partial charge in [0.1, 0.15) is 23.7 Å². The van der Waals surface area contributed by atoms with E-state index in [9.17, 15) is 24.3 Å². The van der Waals surface area contributed by atoms with Gasteiger partial charge >= 0.3 is 11.9 Å². The van der Waals surface area contributed by atoms with Crippen LogP contribution in [-0.4, -0.2) is 57.5 Å². The molecule has 3 rings (SSSR count). The van der Waals surface area contributed by atoms with Gasteiger partial charge in [0.05, 0.1) is 0 Å². The Labute approximate surface area is 159 Å². The first-order chi connectivity index (χ1) is 12.8. The molecule has 0 saturated carbocycles. The maximum atomic E-state index is 12.5. The highest BCUT2D eigenvalue weighted by Crippen LogP contribution is 2.40. The van der Waals surface area contributed by atoms with Crippen LogP contribution < -0.4 is 5.32 Å². The summed E-state index contributed by atoms with van der Waals surface area (Å²) in [5.41, 5.74) is 1.05. The number of ether oxygens (including phenoxy) is 1. The van der Waals surface area contributed by atoms with Crippen molar-refractivity contribution >= 4 is 35.5 Å². The first kappa shape index (κ1) is 19.0. The molecule has 1 radical (unpaired) electrons. The van der Waals surface area contributed by atoms with Gasteiger partial charge in [0.25, 0.3) is 11.8 Å². The summed E-state index contributed by atoms with van der Waals surface area (Å²) in [4.78, 5) is 48.7. The number of nitrogens with one attached hydrogen (secondary N) is 1. The summed E-state index contributed by atoms with van der Waals surface area (Å²) in [6, 6.07) is 5.91. The zero-order valence-corrected chi connectivity index (χ0v) is 15.2. The Bertz CT molecular complexity index is 865. The SMILES string of the molecule is [CH2]c1ccccc1C(=O)NC1C(=O)N2C(C(=O)O)=C(COC(C)=O)CS[C@H]12. The molecular formula is C18H17N2O6S. The zero-order valence-electron chi connectivity index (χ0n) is 14.4. The lowest BCUT2D eigenvalue weighted by Gasteiger charge is -2.49. The van der Waals surface area contributed by atoms with E-state index < -0.39 is 35.2 Å². The number of esters is 1. The summed E-state index contributed by atoms with van der Waals surface area (Å²) < 4.78 is 4.88. The van der Waals surface area contributed by atoms with E-state index >= 15 is 0 Å². The molecule has 141 valence electrons. The van der Waals surface area contributed by atoms with Crippen molar-refractivity contribution in [3.05, 3.63) is 53.6 Å². The molecule has 9 heteroatoms. The highest BCUT2D eigenvalue weighted by atomic mass is 32.2. The van der Waals surface area contributed by atoms with Crippen molar-refractivity contribution in [1.82, 2.24) is 10.2 Å². The van der Waals surface area contributed by atoms with Crippen LogP contribution >= 0.6 is 11.8 Å². The Hall–Kier alpha value is -2.81. The molecular weight excluding hydrogens is 372 g/mol. The molecule has 1 saturated heterocycles. The maximum absolute atomic E-state index is 12.5. The van der Waals surface area contributed by atoms with Crippen LogP contribution in [-0.2, 0) is 19.1 Å². The number of nitrogens with zero attached hydrogens (tertiary/aromatic N) is 1. The molecule has 0 aliphatic carbocycles. The fourth-order valence-corrected chi connectivity index (χ4v) is 4.27. The fraction of sp³-hybridized carbons (Fsp3) is 0.278. The van der Waals surface area contributed by atoms with E-state index in [1.54, 1.807) is 24.3 Å². The Morgan fingerprint density at radius 1 is 1.37 bits per heavy atom. The van der Waals surface area contributed by atoms with Crippen LogP contribution in [0, 0.1) is 6.92 Å². The number of amides is 2. The minimum absolute atomic E-state index is 0.187. The van der Waals surface area contributed by atoms with Gasteiger partial charge in [-0.25, -0.2) is 4.79 Å². The van der Waals surface area contributed by atoms with Crippen molar-refractivity contribution in [2.75, 3.05) is 12.4 Å². The van der Waals surface area contributed by atoms with Crippen LogP contribution in [0.2, 0.25) is 0 Å². The van der Waals surface area contributed by atoms with E-state index in [4.69, 9.17) is 4.74 Å². The number of hydrogen-bond acceptors (Lipinski definition) is 6. The van der Waals surface area contributed by atoms with E-state index in [2.05, 4.69) is 12.2 Å². The minimum atomic E-state index is -1.27. The summed E-state index contributed by atoms with van der Waals surface area (Å²) in [5, 5.41) is 11.6. The van der Waals surface area contributed by atoms with Crippen molar-refractivity contribution < 1.29 is 29.0 Å². The third kappa shape index (κ3) is 3.55. The second-order valence-corrected chi connectivity index (χ2v) is 7.16. The Kier molecular flexibility index (Phi) is 5.22. The van der Waals surface area contributed by atoms with Gasteiger partial charge < -0.3 is 15.2 Å². The lowest BCUT2D eigenvalue weighted by Crippen LogP contribution is -2.70. The first-order valence-corrected chi connectivity index (χ1v) is 9.11. The summed E-state index contributed by atoms with van der Waals surface area (Å²) >= 11 is 1.31. The van der Waals surface area contributed by atoms with E-state index in [1.807, 2.05) is 0 Å². The number of carboxylic acid groups (broad SMARTS) is 1. The smallest absolute Gasteiger partial charge is 0.352 e. The van der Waals surface area contributed by atoms with Crippen molar-refractivity contribution in [3.8, 4) is 0 Å². The van der Waals surface area contributed by atoms with Gasteiger partial charge in [0, 0.05) is 23.8 Å². The van der Waals surface area contributed by atoms with E-state index in [-0.39, 0.29) is 18.1 Å². The van der Waals surface area contributed by atoms with Crippen LogP contribution in [0.15, 0.2) is 35.5 Å². The second-order valence-electron chi connectivity index (χ2n) is 6.06. The average Bonchev–Trinajstić information content (AvgIpc) is 2.63. The van der Waals surface area contributed by atoms with Crippen LogP contribution in [0.1, 0.15) is 22.8 Å². The van der Waals surface area contributed by atoms with Gasteiger partial charge in [-0.1, -0.05) is 18.2 Å². The number of β-lactam (4-membered cyclic amide) rings is 1. The Balaban J connectivity index is 1.77. The van der Waals surface area contributed by atoms with Crippen molar-refractivity contribution in [3.63, 3.8) is 0 Å². The van der Waals surface area contributed by atoms with Gasteiger partial charge in [0.15, 0.2) is 0 Å². The molecule has 1 unspecified atom stereocenters. The minimum Gasteiger partial charge on any atom is -0.477 e. The third-order valence-electron chi connectivity index (χ3n) is 4.25. The molecule has 0 aromatic heterocycles. The standard InChI is InChI=1S/C18H17N2O6S/c1-9-5-3-4-6-12(9)15(22)19-13-16(23)20-14(18(24)25)11(7-26-10(2)21)8-27-17(13)20/h3-6,13,17H,1,7-8H2,2H3,(H,19,22)(H,24,25)/t13?,17-/m1/s1. The predicted octanol–water partition coefficient (Wildman–Crippen LogP) is 0.784. The topological polar surface area (TPSA) is 113 Å². The molecule has 2 heterocycles. The monoisotopic (exact) mass is 389 g/mol. The molecule has 8 nitrogen and oxygen atoms in total. The summed E-state index contributed by atoms with van der Waals surface area (Å²) in [5.74, 6) is -2.48. The fourth-order valence-electron chi connectivity index (χ4n) is 2.94. The third-order valence-corrected chi connectivity index (χ3v) is 5.59. The Morgan fingerprint density at radius 3 is 2.70 bits per heavy atom. The quantitative estimate of drug-likeness (QED) is 0.565. The van der Waals surface area contributed by atoms with Gasteiger partial charge in [-0.15, -0.1) is 11.8 Å². The summed E-state index contributed by atoms with van der Waals surface area (Å²) in [6.45, 7) is 4.82. The number of benzene rings is 1. The molecule has 2 N–H and O–H groups in total. The van der Waals surface area contributed by atoms with Crippen LogP contribution in [0.3, 0.4) is 0 Å². The van der Waals surface area contributed by atoms with Crippen molar-refractivity contribution in [2.45, 2.75) is 18.3 Å². The zero-order chi connectivity index (χ0) is 19.7. The van der Waals surface area contributed by atoms with Gasteiger partial charge in [0.2, 0.25) is 0 Å². The summed E-state index contributed by atoms with van der Waals surface area (Å²) in [7, 11) is 0. The Morgan fingerprint density at radius 2 is 2.07 bits per heavy atom. The molecule has 0 spiro atoms. The average molecular weight is 389 g/mol. The molecule has 2 atom stereocenters. The van der Waals surface area contributed by atoms with Crippen LogP contribution in [0.5, 0.6) is 0 Å². The predicted molar refractivity (Wildman–Crippen MR) is 96.5 cm³/mol. The van der Waals surface area contributed by atoms with E-state index in [0.717, 1.165) is 4.90 Å². The number of hydrogen-bond donors (Lipinski definition) is 2. The molecule has 1 fully saturated rings. The summed E-state index contributed by atoms with van der Waals surface area (Å²) in [6.07, 6.45) is 0. The van der Waals surface area contributed by atoms with E-state index in [0.29, 0.717) is 16.7 Å². The maximum Gasteiger partial charge on any atom is 0.352 e. The molecule has 27 heavy (non-hydrogen) atoms. The largest absolute Gasteiger partial charge is 0.477 e. The second kappa shape index (κ2) is 7.43. The van der Waals surface area contributed by atoms with Gasteiger partial charge in [-0.05, 0) is 18.6 Å². The van der Waals surface area contributed by atoms with Crippen LogP contribution in [0.4, 0.5) is 0 Å². The molecule has 2 amide bonds. The van der Waals surface area contributed by atoms with Crippen LogP contribution in [0.25, 0.3) is 0 Å². The lowest BCUT2D eigenvalue weighted by molar-refractivity contribution is -0.149. The highest BCUT2D eigenvalue weighted by molar-refractivity contribution is 8.00. The molecule has 1 aromatic rings. The normalized spacial score (nSPS) is 21.3. The number of carbonyl (C=O) groups excluding carboxylic acids is 3. The van der Waals surface area contributed by atoms with Gasteiger partial charge in [-0.2, -0.15) is 0 Å². The number of carbonyl (C=O) groups is 4. The number of aliphatic carboxylic acids is 1. The van der Waals surface area contributed by atoms with E-state index in [1.165, 1.54) is 18.7 Å². The number of thioether (sulfide) groups is 1.